The van der Waals surface area contributed by atoms with Crippen molar-refractivity contribution in [1.82, 2.24) is 4.98 Å². The predicted molar refractivity (Wildman–Crippen MR) is 64.3 cm³/mol. The van der Waals surface area contributed by atoms with Crippen LogP contribution in [0.15, 0.2) is 36.7 Å². The number of phenols is 1. The second-order valence-electron chi connectivity index (χ2n) is 3.97. The Morgan fingerprint density at radius 3 is 2.67 bits per heavy atom. The molecule has 0 amide bonds. The largest absolute Gasteiger partial charge is 0.505 e. The van der Waals surface area contributed by atoms with Crippen molar-refractivity contribution >= 4 is 5.69 Å². The van der Waals surface area contributed by atoms with E-state index in [2.05, 4.69) is 10.3 Å². The highest BCUT2D eigenvalue weighted by molar-refractivity contribution is 5.48. The quantitative estimate of drug-likeness (QED) is 0.822. The lowest BCUT2D eigenvalue weighted by Gasteiger charge is -2.15. The average Bonchev–Trinajstić information content (AvgIpc) is 2.34. The lowest BCUT2D eigenvalue weighted by molar-refractivity contribution is 0.432. The van der Waals surface area contributed by atoms with Crippen molar-refractivity contribution in [3.05, 3.63) is 53.9 Å². The number of hydrogen-bond donors (Lipinski definition) is 2. The Balaban J connectivity index is 2.16. The van der Waals surface area contributed by atoms with Gasteiger partial charge < -0.3 is 10.4 Å². The molecule has 0 spiro atoms. The molecule has 0 aliphatic carbocycles. The number of pyridine rings is 1. The maximum absolute atomic E-state index is 13.1. The zero-order valence-electron chi connectivity index (χ0n) is 9.69. The Hall–Kier alpha value is -2.17. The zero-order valence-corrected chi connectivity index (χ0v) is 9.69. The van der Waals surface area contributed by atoms with Gasteiger partial charge in [0.15, 0.2) is 11.6 Å². The molecular weight excluding hydrogens is 238 g/mol. The molecule has 1 aromatic carbocycles. The van der Waals surface area contributed by atoms with Crippen LogP contribution in [-0.4, -0.2) is 10.1 Å². The molecule has 1 aromatic heterocycles. The first-order chi connectivity index (χ1) is 8.56. The number of nitrogens with zero attached hydrogens (tertiary/aromatic N) is 1. The number of benzene rings is 1. The number of nitrogens with one attached hydrogen (secondary N) is 1. The van der Waals surface area contributed by atoms with Gasteiger partial charge in [0.25, 0.3) is 0 Å². The standard InChI is InChI=1S/C13H12F2N2O/c1-8(9-4-10(14)7-16-6-9)17-11-2-3-13(18)12(15)5-11/h2-8,17-18H,1H3. The number of hydrogen-bond acceptors (Lipinski definition) is 3. The van der Waals surface area contributed by atoms with Gasteiger partial charge in [-0.15, -0.1) is 0 Å². The number of phenolic OH excluding ortho intramolecular Hbond substituents is 1. The first-order valence-corrected chi connectivity index (χ1v) is 5.42. The fraction of sp³-hybridized carbons (Fsp3) is 0.154. The minimum atomic E-state index is -0.704. The van der Waals surface area contributed by atoms with Crippen LogP contribution in [0.2, 0.25) is 0 Å². The Kier molecular flexibility index (Phi) is 3.41. The van der Waals surface area contributed by atoms with E-state index in [-0.39, 0.29) is 6.04 Å². The van der Waals surface area contributed by atoms with Gasteiger partial charge in [-0.1, -0.05) is 0 Å². The highest BCUT2D eigenvalue weighted by atomic mass is 19.1. The minimum Gasteiger partial charge on any atom is -0.505 e. The molecule has 0 bridgehead atoms. The van der Waals surface area contributed by atoms with Gasteiger partial charge in [-0.05, 0) is 30.7 Å². The monoisotopic (exact) mass is 250 g/mol. The van der Waals surface area contributed by atoms with Crippen molar-refractivity contribution in [2.75, 3.05) is 5.32 Å². The van der Waals surface area contributed by atoms with Crippen molar-refractivity contribution in [3.63, 3.8) is 0 Å². The summed E-state index contributed by atoms with van der Waals surface area (Å²) in [5.41, 5.74) is 1.16. The Morgan fingerprint density at radius 2 is 2.00 bits per heavy atom. The molecule has 3 nitrogen and oxygen atoms in total. The third-order valence-electron chi connectivity index (χ3n) is 2.56. The summed E-state index contributed by atoms with van der Waals surface area (Å²) in [6.45, 7) is 1.81. The molecule has 0 aliphatic heterocycles. The molecule has 1 unspecified atom stereocenters. The highest BCUT2D eigenvalue weighted by Gasteiger charge is 2.08. The molecule has 0 aliphatic rings. The minimum absolute atomic E-state index is 0.225. The van der Waals surface area contributed by atoms with Crippen LogP contribution in [0.25, 0.3) is 0 Å². The van der Waals surface area contributed by atoms with Crippen LogP contribution in [0, 0.1) is 11.6 Å². The number of aromatic nitrogens is 1. The summed E-state index contributed by atoms with van der Waals surface area (Å²) >= 11 is 0. The Morgan fingerprint density at radius 1 is 1.22 bits per heavy atom. The first-order valence-electron chi connectivity index (χ1n) is 5.42. The van der Waals surface area contributed by atoms with Crippen LogP contribution in [0.5, 0.6) is 5.75 Å². The van der Waals surface area contributed by atoms with Crippen LogP contribution in [0.4, 0.5) is 14.5 Å². The highest BCUT2D eigenvalue weighted by Crippen LogP contribution is 2.23. The Bertz CT molecular complexity index is 560. The van der Waals surface area contributed by atoms with Gasteiger partial charge in [0, 0.05) is 18.0 Å². The molecule has 2 rings (SSSR count). The number of aromatic hydroxyl groups is 1. The van der Waals surface area contributed by atoms with Gasteiger partial charge in [0.05, 0.1) is 12.2 Å². The summed E-state index contributed by atoms with van der Waals surface area (Å²) in [7, 11) is 0. The summed E-state index contributed by atoms with van der Waals surface area (Å²) in [5.74, 6) is -1.52. The van der Waals surface area contributed by atoms with Gasteiger partial charge in [-0.2, -0.15) is 0 Å². The lowest BCUT2D eigenvalue weighted by Crippen LogP contribution is -2.07. The van der Waals surface area contributed by atoms with Gasteiger partial charge in [-0.3, -0.25) is 4.98 Å². The van der Waals surface area contributed by atoms with Crippen molar-refractivity contribution in [2.45, 2.75) is 13.0 Å². The van der Waals surface area contributed by atoms with Gasteiger partial charge in [-0.25, -0.2) is 8.78 Å². The third kappa shape index (κ3) is 2.74. The normalized spacial score (nSPS) is 12.2. The molecule has 5 heteroatoms. The number of rotatable bonds is 3. The molecule has 94 valence electrons. The van der Waals surface area contributed by atoms with Crippen LogP contribution >= 0.6 is 0 Å². The lowest BCUT2D eigenvalue weighted by atomic mass is 10.1. The second kappa shape index (κ2) is 5.00. The van der Waals surface area contributed by atoms with E-state index in [0.29, 0.717) is 11.3 Å². The first kappa shape index (κ1) is 12.3. The summed E-state index contributed by atoms with van der Waals surface area (Å²) < 4.78 is 26.1. The van der Waals surface area contributed by atoms with Crippen molar-refractivity contribution < 1.29 is 13.9 Å². The van der Waals surface area contributed by atoms with E-state index in [1.165, 1.54) is 24.4 Å². The molecule has 2 N–H and O–H groups in total. The topological polar surface area (TPSA) is 45.1 Å². The maximum Gasteiger partial charge on any atom is 0.166 e. The molecule has 0 saturated heterocycles. The smallest absolute Gasteiger partial charge is 0.166 e. The third-order valence-corrected chi connectivity index (χ3v) is 2.56. The van der Waals surface area contributed by atoms with Crippen LogP contribution in [0.3, 0.4) is 0 Å². The van der Waals surface area contributed by atoms with Crippen LogP contribution in [0.1, 0.15) is 18.5 Å². The molecule has 0 saturated carbocycles. The van der Waals surface area contributed by atoms with Crippen molar-refractivity contribution in [3.8, 4) is 5.75 Å². The van der Waals surface area contributed by atoms with Crippen LogP contribution < -0.4 is 5.32 Å². The Labute approximate surface area is 103 Å². The molecular formula is C13H12F2N2O. The molecule has 0 radical (unpaired) electrons. The van der Waals surface area contributed by atoms with E-state index in [1.807, 2.05) is 0 Å². The fourth-order valence-corrected chi connectivity index (χ4v) is 1.60. The number of anilines is 1. The van der Waals surface area contributed by atoms with Gasteiger partial charge in [0.1, 0.15) is 5.82 Å². The predicted octanol–water partition coefficient (Wildman–Crippen LogP) is 3.24. The number of halogens is 2. The summed E-state index contributed by atoms with van der Waals surface area (Å²) in [4.78, 5) is 3.75. The summed E-state index contributed by atoms with van der Waals surface area (Å²) in [5, 5.41) is 12.1. The van der Waals surface area contributed by atoms with E-state index in [0.717, 1.165) is 6.20 Å². The fourth-order valence-electron chi connectivity index (χ4n) is 1.60. The van der Waals surface area contributed by atoms with Gasteiger partial charge in [0.2, 0.25) is 0 Å². The average molecular weight is 250 g/mol. The van der Waals surface area contributed by atoms with E-state index >= 15 is 0 Å². The summed E-state index contributed by atoms with van der Waals surface area (Å²) in [6, 6.07) is 5.12. The zero-order chi connectivity index (χ0) is 13.1. The molecule has 1 heterocycles. The maximum atomic E-state index is 13.1. The molecule has 1 atom stereocenters. The van der Waals surface area contributed by atoms with E-state index in [9.17, 15) is 8.78 Å². The van der Waals surface area contributed by atoms with E-state index < -0.39 is 17.4 Å². The molecule has 18 heavy (non-hydrogen) atoms. The summed E-state index contributed by atoms with van der Waals surface area (Å²) in [6.07, 6.45) is 2.66. The van der Waals surface area contributed by atoms with E-state index in [1.54, 1.807) is 13.0 Å². The van der Waals surface area contributed by atoms with E-state index in [4.69, 9.17) is 5.11 Å². The SMILES string of the molecule is CC(Nc1ccc(O)c(F)c1)c1cncc(F)c1. The van der Waals surface area contributed by atoms with Gasteiger partial charge >= 0.3 is 0 Å². The second-order valence-corrected chi connectivity index (χ2v) is 3.97. The van der Waals surface area contributed by atoms with Crippen molar-refractivity contribution in [1.29, 1.82) is 0 Å². The molecule has 0 fully saturated rings. The van der Waals surface area contributed by atoms with Crippen LogP contribution in [-0.2, 0) is 0 Å². The van der Waals surface area contributed by atoms with Crippen molar-refractivity contribution in [2.24, 2.45) is 0 Å². The molecule has 2 aromatic rings.